The highest BCUT2D eigenvalue weighted by molar-refractivity contribution is 8.00. The summed E-state index contributed by atoms with van der Waals surface area (Å²) < 4.78 is 5.53. The molecule has 0 radical (unpaired) electrons. The van der Waals surface area contributed by atoms with E-state index in [-0.39, 0.29) is 11.5 Å². The number of carbonyl (C=O) groups is 1. The van der Waals surface area contributed by atoms with Gasteiger partial charge >= 0.3 is 0 Å². The Morgan fingerprint density at radius 3 is 2.64 bits per heavy atom. The lowest BCUT2D eigenvalue weighted by Crippen LogP contribution is -2.23. The number of H-pyrrole nitrogens is 1. The molecule has 1 atom stereocenters. The maximum Gasteiger partial charge on any atom is 0.252 e. The number of amides is 1. The Kier molecular flexibility index (Phi) is 6.49. The fraction of sp³-hybridized carbons (Fsp3) is 0.190. The SMILES string of the molecule is CCOc1ccccc1NC(=O)[C@@H](C)Sc1nc(-c2ccccc2)cc(=O)[nH]1. The molecule has 0 saturated carbocycles. The molecule has 0 aliphatic heterocycles. The van der Waals surface area contributed by atoms with Crippen LogP contribution in [0.15, 0.2) is 70.6 Å². The molecule has 1 amide bonds. The standard InChI is InChI=1S/C21H21N3O3S/c1-3-27-18-12-8-7-11-16(18)22-20(26)14(2)28-21-23-17(13-19(25)24-21)15-9-5-4-6-10-15/h4-14H,3H2,1-2H3,(H,22,26)(H,23,24,25)/t14-/m1/s1. The van der Waals surface area contributed by atoms with Crippen molar-refractivity contribution in [2.75, 3.05) is 11.9 Å². The van der Waals surface area contributed by atoms with Gasteiger partial charge in [0.15, 0.2) is 5.16 Å². The molecule has 0 aliphatic carbocycles. The maximum atomic E-state index is 12.6. The molecule has 0 bridgehead atoms. The van der Waals surface area contributed by atoms with Crippen molar-refractivity contribution in [2.45, 2.75) is 24.3 Å². The molecule has 0 unspecified atom stereocenters. The van der Waals surface area contributed by atoms with Gasteiger partial charge in [-0.25, -0.2) is 4.98 Å². The summed E-state index contributed by atoms with van der Waals surface area (Å²) in [5.41, 5.74) is 1.77. The van der Waals surface area contributed by atoms with E-state index in [0.29, 0.717) is 28.9 Å². The van der Waals surface area contributed by atoms with Crippen LogP contribution < -0.4 is 15.6 Å². The Labute approximate surface area is 167 Å². The lowest BCUT2D eigenvalue weighted by molar-refractivity contribution is -0.115. The monoisotopic (exact) mass is 395 g/mol. The minimum Gasteiger partial charge on any atom is -0.492 e. The summed E-state index contributed by atoms with van der Waals surface area (Å²) in [4.78, 5) is 31.8. The number of nitrogens with zero attached hydrogens (tertiary/aromatic N) is 1. The minimum absolute atomic E-state index is 0.204. The Hall–Kier alpha value is -3.06. The highest BCUT2D eigenvalue weighted by atomic mass is 32.2. The first-order chi connectivity index (χ1) is 13.6. The van der Waals surface area contributed by atoms with E-state index in [1.54, 1.807) is 19.1 Å². The number of thioether (sulfide) groups is 1. The summed E-state index contributed by atoms with van der Waals surface area (Å²) in [5, 5.41) is 2.80. The number of aromatic nitrogens is 2. The van der Waals surface area contributed by atoms with Gasteiger partial charge < -0.3 is 15.0 Å². The molecule has 0 aliphatic rings. The molecule has 1 heterocycles. The lowest BCUT2D eigenvalue weighted by atomic mass is 10.1. The molecular formula is C21H21N3O3S. The zero-order chi connectivity index (χ0) is 19.9. The van der Waals surface area contributed by atoms with E-state index in [2.05, 4.69) is 15.3 Å². The van der Waals surface area contributed by atoms with Gasteiger partial charge in [-0.15, -0.1) is 0 Å². The van der Waals surface area contributed by atoms with Gasteiger partial charge in [0.05, 0.1) is 23.2 Å². The summed E-state index contributed by atoms with van der Waals surface area (Å²) in [6, 6.07) is 18.2. The molecule has 7 heteroatoms. The van der Waals surface area contributed by atoms with E-state index in [1.807, 2.05) is 49.4 Å². The topological polar surface area (TPSA) is 84.1 Å². The number of anilines is 1. The molecule has 0 spiro atoms. The number of rotatable bonds is 7. The Morgan fingerprint density at radius 2 is 1.89 bits per heavy atom. The third-order valence-corrected chi connectivity index (χ3v) is 4.88. The first-order valence-electron chi connectivity index (χ1n) is 8.93. The van der Waals surface area contributed by atoms with Gasteiger partial charge in [0.1, 0.15) is 5.75 Å². The van der Waals surface area contributed by atoms with E-state index >= 15 is 0 Å². The van der Waals surface area contributed by atoms with Gasteiger partial charge in [0.25, 0.3) is 5.56 Å². The van der Waals surface area contributed by atoms with Crippen LogP contribution in [0.2, 0.25) is 0 Å². The van der Waals surface area contributed by atoms with E-state index in [4.69, 9.17) is 4.74 Å². The third-order valence-electron chi connectivity index (χ3n) is 3.89. The number of ether oxygens (including phenoxy) is 1. The molecule has 3 aromatic rings. The summed E-state index contributed by atoms with van der Waals surface area (Å²) in [6.45, 7) is 4.16. The van der Waals surface area contributed by atoms with Crippen LogP contribution in [-0.2, 0) is 4.79 Å². The van der Waals surface area contributed by atoms with Crippen LogP contribution in [-0.4, -0.2) is 27.7 Å². The van der Waals surface area contributed by atoms with E-state index in [1.165, 1.54) is 17.8 Å². The molecule has 0 fully saturated rings. The minimum atomic E-state index is -0.469. The Bertz CT molecular complexity index is 1010. The van der Waals surface area contributed by atoms with Crippen LogP contribution in [0.3, 0.4) is 0 Å². The van der Waals surface area contributed by atoms with Gasteiger partial charge in [0.2, 0.25) is 5.91 Å². The second kappa shape index (κ2) is 9.23. The van der Waals surface area contributed by atoms with Crippen molar-refractivity contribution in [1.29, 1.82) is 0 Å². The molecule has 3 rings (SSSR count). The zero-order valence-electron chi connectivity index (χ0n) is 15.6. The van der Waals surface area contributed by atoms with Crippen molar-refractivity contribution in [3.8, 4) is 17.0 Å². The number of benzene rings is 2. The fourth-order valence-corrected chi connectivity index (χ4v) is 3.37. The highest BCUT2D eigenvalue weighted by Crippen LogP contribution is 2.26. The van der Waals surface area contributed by atoms with E-state index in [0.717, 1.165) is 5.56 Å². The number of carbonyl (C=O) groups excluding carboxylic acids is 1. The number of aromatic amines is 1. The smallest absolute Gasteiger partial charge is 0.252 e. The van der Waals surface area contributed by atoms with Gasteiger partial charge in [-0.3, -0.25) is 9.59 Å². The number of hydrogen-bond donors (Lipinski definition) is 2. The van der Waals surface area contributed by atoms with Crippen LogP contribution in [0, 0.1) is 0 Å². The first kappa shape index (κ1) is 19.7. The van der Waals surface area contributed by atoms with Crippen LogP contribution in [0.1, 0.15) is 13.8 Å². The van der Waals surface area contributed by atoms with Crippen LogP contribution >= 0.6 is 11.8 Å². The quantitative estimate of drug-likeness (QED) is 0.467. The maximum absolute atomic E-state index is 12.6. The average Bonchev–Trinajstić information content (AvgIpc) is 2.70. The molecule has 2 aromatic carbocycles. The predicted octanol–water partition coefficient (Wildman–Crippen LogP) is 3.95. The molecule has 144 valence electrons. The van der Waals surface area contributed by atoms with Crippen LogP contribution in [0.5, 0.6) is 5.75 Å². The fourth-order valence-electron chi connectivity index (χ4n) is 2.55. The van der Waals surface area contributed by atoms with Gasteiger partial charge in [-0.05, 0) is 26.0 Å². The lowest BCUT2D eigenvalue weighted by Gasteiger charge is -2.14. The average molecular weight is 395 g/mol. The van der Waals surface area contributed by atoms with Gasteiger partial charge in [-0.1, -0.05) is 54.2 Å². The molecule has 28 heavy (non-hydrogen) atoms. The Balaban J connectivity index is 1.74. The van der Waals surface area contributed by atoms with Crippen LogP contribution in [0.25, 0.3) is 11.3 Å². The van der Waals surface area contributed by atoms with Crippen molar-refractivity contribution in [3.05, 3.63) is 71.0 Å². The number of para-hydroxylation sites is 2. The summed E-state index contributed by atoms with van der Waals surface area (Å²) in [6.07, 6.45) is 0. The van der Waals surface area contributed by atoms with E-state index in [9.17, 15) is 9.59 Å². The molecule has 6 nitrogen and oxygen atoms in total. The first-order valence-corrected chi connectivity index (χ1v) is 9.81. The van der Waals surface area contributed by atoms with Crippen molar-refractivity contribution >= 4 is 23.4 Å². The van der Waals surface area contributed by atoms with Gasteiger partial charge in [0, 0.05) is 11.6 Å². The second-order valence-corrected chi connectivity index (χ2v) is 7.31. The summed E-state index contributed by atoms with van der Waals surface area (Å²) in [5.74, 6) is 0.415. The molecule has 1 aromatic heterocycles. The number of nitrogens with one attached hydrogen (secondary N) is 2. The second-order valence-electron chi connectivity index (χ2n) is 5.98. The molecular weight excluding hydrogens is 374 g/mol. The van der Waals surface area contributed by atoms with Gasteiger partial charge in [-0.2, -0.15) is 0 Å². The largest absolute Gasteiger partial charge is 0.492 e. The molecule has 2 N–H and O–H groups in total. The summed E-state index contributed by atoms with van der Waals surface area (Å²) in [7, 11) is 0. The van der Waals surface area contributed by atoms with Crippen molar-refractivity contribution < 1.29 is 9.53 Å². The van der Waals surface area contributed by atoms with E-state index < -0.39 is 5.25 Å². The Morgan fingerprint density at radius 1 is 1.18 bits per heavy atom. The predicted molar refractivity (Wildman–Crippen MR) is 112 cm³/mol. The van der Waals surface area contributed by atoms with Crippen molar-refractivity contribution in [1.82, 2.24) is 9.97 Å². The third kappa shape index (κ3) is 5.01. The highest BCUT2D eigenvalue weighted by Gasteiger charge is 2.18. The molecule has 0 saturated heterocycles. The zero-order valence-corrected chi connectivity index (χ0v) is 16.5. The van der Waals surface area contributed by atoms with Crippen molar-refractivity contribution in [2.24, 2.45) is 0 Å². The van der Waals surface area contributed by atoms with Crippen molar-refractivity contribution in [3.63, 3.8) is 0 Å². The van der Waals surface area contributed by atoms with Crippen LogP contribution in [0.4, 0.5) is 5.69 Å². The normalized spacial score (nSPS) is 11.6. The number of hydrogen-bond acceptors (Lipinski definition) is 5. The summed E-state index contributed by atoms with van der Waals surface area (Å²) >= 11 is 1.19.